The van der Waals surface area contributed by atoms with Crippen LogP contribution in [0.25, 0.3) is 0 Å². The molecule has 3 nitrogen and oxygen atoms in total. The lowest BCUT2D eigenvalue weighted by Crippen LogP contribution is -2.46. The van der Waals surface area contributed by atoms with Crippen molar-refractivity contribution in [1.82, 2.24) is 5.32 Å². The predicted molar refractivity (Wildman–Crippen MR) is 66.5 cm³/mol. The Morgan fingerprint density at radius 1 is 1.29 bits per heavy atom. The van der Waals surface area contributed by atoms with Gasteiger partial charge in [-0.2, -0.15) is 5.26 Å². The van der Waals surface area contributed by atoms with Gasteiger partial charge in [-0.1, -0.05) is 12.1 Å². The van der Waals surface area contributed by atoms with Crippen molar-refractivity contribution in [2.75, 3.05) is 13.2 Å². The highest BCUT2D eigenvalue weighted by Crippen LogP contribution is 2.20. The average Bonchev–Trinajstić information content (AvgIpc) is 2.38. The molecule has 1 N–H and O–H groups in total. The Balaban J connectivity index is 1.90. The van der Waals surface area contributed by atoms with Crippen molar-refractivity contribution in [2.24, 2.45) is 0 Å². The molecule has 1 saturated heterocycles. The minimum Gasteiger partial charge on any atom is -0.381 e. The topological polar surface area (TPSA) is 45.0 Å². The van der Waals surface area contributed by atoms with Gasteiger partial charge in [-0.25, -0.2) is 0 Å². The molecule has 0 atom stereocenters. The fourth-order valence-corrected chi connectivity index (χ4v) is 2.01. The minimum absolute atomic E-state index is 0.187. The molecule has 17 heavy (non-hydrogen) atoms. The van der Waals surface area contributed by atoms with E-state index in [-0.39, 0.29) is 5.54 Å². The summed E-state index contributed by atoms with van der Waals surface area (Å²) in [5, 5.41) is 12.3. The van der Waals surface area contributed by atoms with Crippen LogP contribution in [-0.2, 0) is 11.3 Å². The molecule has 0 amide bonds. The average molecular weight is 230 g/mol. The van der Waals surface area contributed by atoms with Crippen molar-refractivity contribution in [3.8, 4) is 6.07 Å². The molecule has 3 heteroatoms. The first kappa shape index (κ1) is 12.1. The summed E-state index contributed by atoms with van der Waals surface area (Å²) in [6, 6.07) is 9.88. The molecule has 2 rings (SSSR count). The van der Waals surface area contributed by atoms with Crippen molar-refractivity contribution in [3.05, 3.63) is 35.4 Å². The standard InChI is InChI=1S/C14H18N2O/c1-14(6-8-17-9-7-14)16-11-13-4-2-12(10-15)3-5-13/h2-5,16H,6-9,11H2,1H3. The van der Waals surface area contributed by atoms with Crippen molar-refractivity contribution in [3.63, 3.8) is 0 Å². The summed E-state index contributed by atoms with van der Waals surface area (Å²) in [6.07, 6.45) is 2.12. The number of nitriles is 1. The lowest BCUT2D eigenvalue weighted by molar-refractivity contribution is 0.0446. The number of hydrogen-bond acceptors (Lipinski definition) is 3. The van der Waals surface area contributed by atoms with Gasteiger partial charge in [0.25, 0.3) is 0 Å². The van der Waals surface area contributed by atoms with Crippen LogP contribution < -0.4 is 5.32 Å². The molecule has 0 spiro atoms. The fraction of sp³-hybridized carbons (Fsp3) is 0.500. The smallest absolute Gasteiger partial charge is 0.0991 e. The first-order valence-corrected chi connectivity index (χ1v) is 6.04. The van der Waals surface area contributed by atoms with E-state index < -0.39 is 0 Å². The number of nitrogens with zero attached hydrogens (tertiary/aromatic N) is 1. The number of ether oxygens (including phenoxy) is 1. The Hall–Kier alpha value is -1.37. The number of benzene rings is 1. The molecule has 1 aliphatic heterocycles. The van der Waals surface area contributed by atoms with Crippen molar-refractivity contribution in [1.29, 1.82) is 5.26 Å². The SMILES string of the molecule is CC1(NCc2ccc(C#N)cc2)CCOCC1. The molecule has 0 saturated carbocycles. The maximum absolute atomic E-state index is 8.72. The minimum atomic E-state index is 0.187. The summed E-state index contributed by atoms with van der Waals surface area (Å²) in [7, 11) is 0. The number of nitrogens with one attached hydrogen (secondary N) is 1. The third kappa shape index (κ3) is 3.29. The molecule has 0 bridgehead atoms. The largest absolute Gasteiger partial charge is 0.381 e. The lowest BCUT2D eigenvalue weighted by Gasteiger charge is -2.34. The van der Waals surface area contributed by atoms with Gasteiger partial charge in [-0.3, -0.25) is 0 Å². The van der Waals surface area contributed by atoms with Gasteiger partial charge in [-0.05, 0) is 37.5 Å². The molecule has 0 radical (unpaired) electrons. The summed E-state index contributed by atoms with van der Waals surface area (Å²) >= 11 is 0. The summed E-state index contributed by atoms with van der Waals surface area (Å²) < 4.78 is 5.37. The Morgan fingerprint density at radius 3 is 2.53 bits per heavy atom. The molecule has 1 heterocycles. The first-order chi connectivity index (χ1) is 8.22. The zero-order valence-corrected chi connectivity index (χ0v) is 10.2. The van der Waals surface area contributed by atoms with Crippen LogP contribution in [0.4, 0.5) is 0 Å². The Labute approximate surface area is 102 Å². The van der Waals surface area contributed by atoms with Crippen LogP contribution in [0.3, 0.4) is 0 Å². The Morgan fingerprint density at radius 2 is 1.94 bits per heavy atom. The van der Waals surface area contributed by atoms with Gasteiger partial charge in [0.2, 0.25) is 0 Å². The summed E-state index contributed by atoms with van der Waals surface area (Å²) in [5.74, 6) is 0. The van der Waals surface area contributed by atoms with Crippen LogP contribution in [0.15, 0.2) is 24.3 Å². The molecule has 0 aliphatic carbocycles. The van der Waals surface area contributed by atoms with Crippen LogP contribution in [0.2, 0.25) is 0 Å². The van der Waals surface area contributed by atoms with Crippen LogP contribution in [0.1, 0.15) is 30.9 Å². The van der Waals surface area contributed by atoms with Gasteiger partial charge in [-0.15, -0.1) is 0 Å². The predicted octanol–water partition coefficient (Wildman–Crippen LogP) is 2.22. The molecule has 1 aromatic carbocycles. The van der Waals surface area contributed by atoms with E-state index in [1.165, 1.54) is 5.56 Å². The second-order valence-corrected chi connectivity index (χ2v) is 4.84. The van der Waals surface area contributed by atoms with E-state index in [0.717, 1.165) is 32.6 Å². The van der Waals surface area contributed by atoms with Gasteiger partial charge in [0, 0.05) is 25.3 Å². The second-order valence-electron chi connectivity index (χ2n) is 4.84. The Kier molecular flexibility index (Phi) is 3.78. The summed E-state index contributed by atoms with van der Waals surface area (Å²) in [5.41, 5.74) is 2.12. The highest BCUT2D eigenvalue weighted by molar-refractivity contribution is 5.31. The monoisotopic (exact) mass is 230 g/mol. The first-order valence-electron chi connectivity index (χ1n) is 6.04. The van der Waals surface area contributed by atoms with Gasteiger partial charge in [0.15, 0.2) is 0 Å². The van der Waals surface area contributed by atoms with Gasteiger partial charge >= 0.3 is 0 Å². The third-order valence-electron chi connectivity index (χ3n) is 3.40. The second kappa shape index (κ2) is 5.31. The highest BCUT2D eigenvalue weighted by Gasteiger charge is 2.26. The van der Waals surface area contributed by atoms with Crippen LogP contribution in [0.5, 0.6) is 0 Å². The lowest BCUT2D eigenvalue weighted by atomic mass is 9.92. The summed E-state index contributed by atoms with van der Waals surface area (Å²) in [6.45, 7) is 4.79. The van der Waals surface area contributed by atoms with E-state index in [4.69, 9.17) is 10.00 Å². The molecule has 90 valence electrons. The zero-order valence-electron chi connectivity index (χ0n) is 10.2. The normalized spacial score (nSPS) is 18.6. The molecule has 0 aromatic heterocycles. The fourth-order valence-electron chi connectivity index (χ4n) is 2.01. The third-order valence-corrected chi connectivity index (χ3v) is 3.40. The number of rotatable bonds is 3. The molecular formula is C14H18N2O. The van der Waals surface area contributed by atoms with E-state index in [0.29, 0.717) is 5.56 Å². The van der Waals surface area contributed by atoms with Crippen molar-refractivity contribution < 1.29 is 4.74 Å². The molecular weight excluding hydrogens is 212 g/mol. The quantitative estimate of drug-likeness (QED) is 0.866. The van der Waals surface area contributed by atoms with E-state index in [2.05, 4.69) is 18.3 Å². The van der Waals surface area contributed by atoms with Gasteiger partial charge < -0.3 is 10.1 Å². The number of hydrogen-bond donors (Lipinski definition) is 1. The maximum Gasteiger partial charge on any atom is 0.0991 e. The molecule has 1 fully saturated rings. The van der Waals surface area contributed by atoms with E-state index in [1.54, 1.807) is 0 Å². The molecule has 1 aliphatic rings. The summed E-state index contributed by atoms with van der Waals surface area (Å²) in [4.78, 5) is 0. The van der Waals surface area contributed by atoms with Gasteiger partial charge in [0.1, 0.15) is 0 Å². The van der Waals surface area contributed by atoms with E-state index in [1.807, 2.05) is 24.3 Å². The van der Waals surface area contributed by atoms with Crippen LogP contribution in [-0.4, -0.2) is 18.8 Å². The van der Waals surface area contributed by atoms with Crippen LogP contribution >= 0.6 is 0 Å². The Bertz CT molecular complexity index is 399. The van der Waals surface area contributed by atoms with E-state index >= 15 is 0 Å². The highest BCUT2D eigenvalue weighted by atomic mass is 16.5. The van der Waals surface area contributed by atoms with Crippen molar-refractivity contribution in [2.45, 2.75) is 31.8 Å². The maximum atomic E-state index is 8.72. The molecule has 1 aromatic rings. The molecule has 0 unspecified atom stereocenters. The van der Waals surface area contributed by atoms with Gasteiger partial charge in [0.05, 0.1) is 11.6 Å². The van der Waals surface area contributed by atoms with E-state index in [9.17, 15) is 0 Å². The zero-order chi connectivity index (χ0) is 12.1. The van der Waals surface area contributed by atoms with Crippen molar-refractivity contribution >= 4 is 0 Å². The van der Waals surface area contributed by atoms with Crippen LogP contribution in [0, 0.1) is 11.3 Å².